The number of pyridine rings is 1. The molecule has 0 aliphatic carbocycles. The number of benzene rings is 1. The maximum absolute atomic E-state index is 6.04. The Balaban J connectivity index is 1.97. The smallest absolute Gasteiger partial charge is 0.124 e. The van der Waals surface area contributed by atoms with Gasteiger partial charge >= 0.3 is 0 Å². The number of fused-ring (bicyclic) bond motifs is 1. The molecule has 0 bridgehead atoms. The molecule has 4 heteroatoms. The normalized spacial score (nSPS) is 11.1. The van der Waals surface area contributed by atoms with E-state index in [4.69, 9.17) is 11.6 Å². The number of aryl methyl sites for hydroxylation is 3. The zero-order chi connectivity index (χ0) is 13.9. The van der Waals surface area contributed by atoms with Crippen LogP contribution in [0.5, 0.6) is 0 Å². The van der Waals surface area contributed by atoms with Crippen LogP contribution in [0.3, 0.4) is 0 Å². The summed E-state index contributed by atoms with van der Waals surface area (Å²) in [7, 11) is 0. The lowest BCUT2D eigenvalue weighted by Gasteiger charge is -2.09. The Morgan fingerprint density at radius 2 is 2.10 bits per heavy atom. The number of para-hydroxylation sites is 1. The van der Waals surface area contributed by atoms with Crippen molar-refractivity contribution in [3.8, 4) is 0 Å². The minimum atomic E-state index is 0.432. The summed E-state index contributed by atoms with van der Waals surface area (Å²) in [5.74, 6) is 1.36. The first kappa shape index (κ1) is 13.1. The highest BCUT2D eigenvalue weighted by Crippen LogP contribution is 2.21. The molecule has 0 amide bonds. The Morgan fingerprint density at radius 3 is 2.85 bits per heavy atom. The van der Waals surface area contributed by atoms with Crippen LogP contribution in [-0.4, -0.2) is 14.5 Å². The second-order valence-corrected chi connectivity index (χ2v) is 5.13. The van der Waals surface area contributed by atoms with Crippen LogP contribution in [0, 0.1) is 6.92 Å². The number of aromatic nitrogens is 3. The molecule has 0 aliphatic rings. The molecule has 0 atom stereocenters. The molecule has 0 unspecified atom stereocenters. The van der Waals surface area contributed by atoms with Crippen molar-refractivity contribution in [2.45, 2.75) is 25.8 Å². The lowest BCUT2D eigenvalue weighted by molar-refractivity contribution is 0.685. The molecule has 0 saturated carbocycles. The van der Waals surface area contributed by atoms with Crippen LogP contribution in [-0.2, 0) is 18.8 Å². The number of alkyl halides is 1. The number of imidazole rings is 1. The Kier molecular flexibility index (Phi) is 3.70. The second kappa shape index (κ2) is 5.63. The average Bonchev–Trinajstić information content (AvgIpc) is 2.85. The third-order valence-electron chi connectivity index (χ3n) is 3.51. The molecule has 3 rings (SSSR count). The largest absolute Gasteiger partial charge is 0.326 e. The van der Waals surface area contributed by atoms with Gasteiger partial charge in [-0.3, -0.25) is 4.98 Å². The molecule has 1 aromatic carbocycles. The van der Waals surface area contributed by atoms with Gasteiger partial charge in [0, 0.05) is 18.9 Å². The van der Waals surface area contributed by atoms with E-state index >= 15 is 0 Å². The molecule has 0 radical (unpaired) electrons. The van der Waals surface area contributed by atoms with Crippen molar-refractivity contribution in [2.75, 3.05) is 0 Å². The summed E-state index contributed by atoms with van der Waals surface area (Å²) >= 11 is 6.04. The average molecular weight is 286 g/mol. The molecule has 3 nitrogen and oxygen atoms in total. The van der Waals surface area contributed by atoms with Gasteiger partial charge in [0.25, 0.3) is 0 Å². The van der Waals surface area contributed by atoms with Gasteiger partial charge in [0.1, 0.15) is 5.82 Å². The Hall–Kier alpha value is -1.87. The first-order valence-electron chi connectivity index (χ1n) is 6.69. The van der Waals surface area contributed by atoms with E-state index < -0.39 is 0 Å². The molecular formula is C16H16ClN3. The van der Waals surface area contributed by atoms with Crippen molar-refractivity contribution >= 4 is 22.6 Å². The second-order valence-electron chi connectivity index (χ2n) is 4.87. The summed E-state index contributed by atoms with van der Waals surface area (Å²) in [6.45, 7) is 2.98. The third-order valence-corrected chi connectivity index (χ3v) is 3.75. The number of rotatable bonds is 4. The lowest BCUT2D eigenvalue weighted by atomic mass is 10.2. The molecule has 2 aromatic heterocycles. The summed E-state index contributed by atoms with van der Waals surface area (Å²) in [4.78, 5) is 8.78. The monoisotopic (exact) mass is 285 g/mol. The van der Waals surface area contributed by atoms with Crippen molar-refractivity contribution in [3.05, 3.63) is 59.7 Å². The molecule has 0 N–H and O–H groups in total. The minimum absolute atomic E-state index is 0.432. The van der Waals surface area contributed by atoms with Gasteiger partial charge in [-0.1, -0.05) is 18.2 Å². The predicted octanol–water partition coefficient (Wildman–Crippen LogP) is 3.72. The number of nitrogens with zero attached hydrogens (tertiary/aromatic N) is 3. The molecule has 20 heavy (non-hydrogen) atoms. The maximum atomic E-state index is 6.04. The molecular weight excluding hydrogens is 270 g/mol. The minimum Gasteiger partial charge on any atom is -0.326 e. The molecule has 3 aromatic rings. The van der Waals surface area contributed by atoms with E-state index in [-0.39, 0.29) is 0 Å². The van der Waals surface area contributed by atoms with Crippen molar-refractivity contribution in [1.82, 2.24) is 14.5 Å². The fourth-order valence-corrected chi connectivity index (χ4v) is 2.75. The third kappa shape index (κ3) is 2.41. The SMILES string of the molecule is Cc1cccc2nc(CCl)n(CCc3cccnc3)c12. The summed E-state index contributed by atoms with van der Waals surface area (Å²) in [5.41, 5.74) is 4.67. The Morgan fingerprint density at radius 1 is 1.20 bits per heavy atom. The Bertz CT molecular complexity index is 719. The molecule has 0 spiro atoms. The zero-order valence-corrected chi connectivity index (χ0v) is 12.1. The van der Waals surface area contributed by atoms with Gasteiger partial charge in [0.2, 0.25) is 0 Å². The molecule has 2 heterocycles. The molecule has 0 aliphatic heterocycles. The lowest BCUT2D eigenvalue weighted by Crippen LogP contribution is -2.06. The number of halogens is 1. The van der Waals surface area contributed by atoms with E-state index in [0.717, 1.165) is 24.3 Å². The summed E-state index contributed by atoms with van der Waals surface area (Å²) in [6, 6.07) is 10.3. The van der Waals surface area contributed by atoms with Gasteiger partial charge in [0.05, 0.1) is 16.9 Å². The molecule has 102 valence electrons. The van der Waals surface area contributed by atoms with E-state index in [1.165, 1.54) is 16.6 Å². The van der Waals surface area contributed by atoms with E-state index in [2.05, 4.69) is 33.6 Å². The van der Waals surface area contributed by atoms with Crippen LogP contribution < -0.4 is 0 Å². The van der Waals surface area contributed by atoms with Crippen LogP contribution in [0.1, 0.15) is 17.0 Å². The zero-order valence-electron chi connectivity index (χ0n) is 11.4. The standard InChI is InChI=1S/C16H16ClN3/c1-12-4-2-6-14-16(12)20(15(10-17)19-14)9-7-13-5-3-8-18-11-13/h2-6,8,11H,7,9-10H2,1H3. The van der Waals surface area contributed by atoms with Crippen LogP contribution in [0.15, 0.2) is 42.7 Å². The maximum Gasteiger partial charge on any atom is 0.124 e. The molecule has 0 saturated heterocycles. The van der Waals surface area contributed by atoms with Gasteiger partial charge < -0.3 is 4.57 Å². The van der Waals surface area contributed by atoms with E-state index in [1.807, 2.05) is 24.4 Å². The van der Waals surface area contributed by atoms with Crippen molar-refractivity contribution in [1.29, 1.82) is 0 Å². The quantitative estimate of drug-likeness (QED) is 0.684. The van der Waals surface area contributed by atoms with E-state index in [9.17, 15) is 0 Å². The highest BCUT2D eigenvalue weighted by Gasteiger charge is 2.11. The van der Waals surface area contributed by atoms with E-state index in [0.29, 0.717) is 5.88 Å². The summed E-state index contributed by atoms with van der Waals surface area (Å²) < 4.78 is 2.23. The van der Waals surface area contributed by atoms with Gasteiger partial charge in [-0.2, -0.15) is 0 Å². The highest BCUT2D eigenvalue weighted by molar-refractivity contribution is 6.16. The van der Waals surface area contributed by atoms with Crippen molar-refractivity contribution in [2.24, 2.45) is 0 Å². The predicted molar refractivity (Wildman–Crippen MR) is 82.0 cm³/mol. The highest BCUT2D eigenvalue weighted by atomic mass is 35.5. The van der Waals surface area contributed by atoms with Gasteiger partial charge in [-0.15, -0.1) is 11.6 Å². The number of hydrogen-bond acceptors (Lipinski definition) is 2. The Labute approximate surface area is 123 Å². The van der Waals surface area contributed by atoms with Crippen LogP contribution in [0.2, 0.25) is 0 Å². The number of hydrogen-bond donors (Lipinski definition) is 0. The topological polar surface area (TPSA) is 30.7 Å². The van der Waals surface area contributed by atoms with Gasteiger partial charge in [0.15, 0.2) is 0 Å². The fourth-order valence-electron chi connectivity index (χ4n) is 2.54. The van der Waals surface area contributed by atoms with Crippen LogP contribution in [0.4, 0.5) is 0 Å². The molecule has 0 fully saturated rings. The van der Waals surface area contributed by atoms with Gasteiger partial charge in [-0.05, 0) is 36.6 Å². The van der Waals surface area contributed by atoms with Crippen molar-refractivity contribution < 1.29 is 0 Å². The van der Waals surface area contributed by atoms with Crippen LogP contribution in [0.25, 0.3) is 11.0 Å². The van der Waals surface area contributed by atoms with Crippen molar-refractivity contribution in [3.63, 3.8) is 0 Å². The first-order valence-corrected chi connectivity index (χ1v) is 7.22. The van der Waals surface area contributed by atoms with Gasteiger partial charge in [-0.25, -0.2) is 4.98 Å². The summed E-state index contributed by atoms with van der Waals surface area (Å²) in [5, 5.41) is 0. The van der Waals surface area contributed by atoms with E-state index in [1.54, 1.807) is 6.20 Å². The van der Waals surface area contributed by atoms with Crippen LogP contribution >= 0.6 is 11.6 Å². The fraction of sp³-hybridized carbons (Fsp3) is 0.250. The first-order chi connectivity index (χ1) is 9.79. The summed E-state index contributed by atoms with van der Waals surface area (Å²) in [6.07, 6.45) is 4.63.